The van der Waals surface area contributed by atoms with Gasteiger partial charge in [-0.2, -0.15) is 0 Å². The number of hydrogen-bond acceptors (Lipinski definition) is 5. The Bertz CT molecular complexity index is 1280. The number of piperidine rings is 2. The monoisotopic (exact) mass is 576 g/mol. The van der Waals surface area contributed by atoms with Gasteiger partial charge in [-0.3, -0.25) is 19.7 Å². The summed E-state index contributed by atoms with van der Waals surface area (Å²) in [6.07, 6.45) is 7.13. The van der Waals surface area contributed by atoms with Gasteiger partial charge in [0.1, 0.15) is 6.73 Å². The summed E-state index contributed by atoms with van der Waals surface area (Å²) in [6, 6.07) is 18.5. The van der Waals surface area contributed by atoms with Gasteiger partial charge in [-0.15, -0.1) is 0 Å². The lowest BCUT2D eigenvalue weighted by atomic mass is 9.82. The lowest BCUT2D eigenvalue weighted by Gasteiger charge is -2.52. The number of carbonyl (C=O) groups is 1. The summed E-state index contributed by atoms with van der Waals surface area (Å²) in [6.45, 7) is 7.97. The Balaban J connectivity index is 1.36. The average Bonchev–Trinajstić information content (AvgIpc) is 2.96. The Morgan fingerprint density at radius 3 is 2.63 bits per heavy atom. The third-order valence-electron chi connectivity index (χ3n) is 8.19. The van der Waals surface area contributed by atoms with Gasteiger partial charge in [0.2, 0.25) is 0 Å². The van der Waals surface area contributed by atoms with E-state index in [1.807, 2.05) is 42.2 Å². The van der Waals surface area contributed by atoms with E-state index in [4.69, 9.17) is 9.73 Å². The van der Waals surface area contributed by atoms with E-state index in [2.05, 4.69) is 57.0 Å². The fourth-order valence-corrected chi connectivity index (χ4v) is 6.28. The van der Waals surface area contributed by atoms with Crippen LogP contribution < -0.4 is 0 Å². The van der Waals surface area contributed by atoms with Crippen LogP contribution in [-0.2, 0) is 4.74 Å². The van der Waals surface area contributed by atoms with E-state index in [1.54, 1.807) is 6.20 Å². The van der Waals surface area contributed by atoms with Gasteiger partial charge in [0.25, 0.3) is 5.91 Å². The zero-order valence-corrected chi connectivity index (χ0v) is 24.0. The van der Waals surface area contributed by atoms with Crippen LogP contribution in [0.3, 0.4) is 0 Å². The number of benzene rings is 2. The van der Waals surface area contributed by atoms with Gasteiger partial charge in [0.05, 0.1) is 17.3 Å². The minimum Gasteiger partial charge on any atom is -0.360 e. The van der Waals surface area contributed by atoms with Gasteiger partial charge in [-0.05, 0) is 82.0 Å². The van der Waals surface area contributed by atoms with Crippen LogP contribution in [0.2, 0.25) is 0 Å². The summed E-state index contributed by atoms with van der Waals surface area (Å²) in [5.74, 6) is 0.106. The van der Waals surface area contributed by atoms with Gasteiger partial charge >= 0.3 is 0 Å². The minimum atomic E-state index is 0.00389. The van der Waals surface area contributed by atoms with Crippen molar-refractivity contribution in [2.45, 2.75) is 57.5 Å². The summed E-state index contributed by atoms with van der Waals surface area (Å²) < 4.78 is 6.72. The van der Waals surface area contributed by atoms with E-state index < -0.39 is 0 Å². The standard InChI is InChI=1S/C31H37BrN4O2/c1-3-38-22-34-29(23-12-14-24(32)15-13-23)28-11-4-5-19-36(28)31(2)16-20-35(21-17-31)30(37)26-8-6-10-27-25(26)9-7-18-33-27/h6-10,12-15,18,28H,3-5,11,16-17,19-22H2,1-2H3/b34-29+. The van der Waals surface area contributed by atoms with Crippen LogP contribution in [0, 0.1) is 0 Å². The van der Waals surface area contributed by atoms with Crippen LogP contribution in [0.15, 0.2) is 70.3 Å². The molecule has 0 aliphatic carbocycles. The molecule has 1 unspecified atom stereocenters. The number of aliphatic imine (C=N–C) groups is 1. The number of ether oxygens (including phenoxy) is 1. The van der Waals surface area contributed by atoms with Crippen molar-refractivity contribution < 1.29 is 9.53 Å². The molecule has 0 saturated carbocycles. The predicted molar refractivity (Wildman–Crippen MR) is 157 cm³/mol. The molecule has 1 atom stereocenters. The summed E-state index contributed by atoms with van der Waals surface area (Å²) in [7, 11) is 0. The Morgan fingerprint density at radius 2 is 1.87 bits per heavy atom. The summed E-state index contributed by atoms with van der Waals surface area (Å²) in [5.41, 5.74) is 3.89. The molecule has 0 bridgehead atoms. The molecule has 2 saturated heterocycles. The van der Waals surface area contributed by atoms with Gasteiger partial charge in [0.15, 0.2) is 0 Å². The van der Waals surface area contributed by atoms with Crippen molar-refractivity contribution in [2.24, 2.45) is 4.99 Å². The van der Waals surface area contributed by atoms with Crippen molar-refractivity contribution >= 4 is 38.5 Å². The van der Waals surface area contributed by atoms with Gasteiger partial charge in [-0.1, -0.05) is 46.6 Å². The van der Waals surface area contributed by atoms with Crippen molar-refractivity contribution in [3.63, 3.8) is 0 Å². The second-order valence-electron chi connectivity index (χ2n) is 10.5. The third kappa shape index (κ3) is 5.70. The molecule has 2 fully saturated rings. The maximum Gasteiger partial charge on any atom is 0.254 e. The van der Waals surface area contributed by atoms with Gasteiger partial charge in [0, 0.05) is 46.9 Å². The summed E-state index contributed by atoms with van der Waals surface area (Å²) in [4.78, 5) is 27.7. The third-order valence-corrected chi connectivity index (χ3v) is 8.71. The molecule has 2 aromatic carbocycles. The van der Waals surface area contributed by atoms with Crippen LogP contribution in [0.5, 0.6) is 0 Å². The molecule has 5 rings (SSSR count). The van der Waals surface area contributed by atoms with Crippen molar-refractivity contribution in [1.29, 1.82) is 0 Å². The molecule has 3 heterocycles. The lowest BCUT2D eigenvalue weighted by molar-refractivity contribution is 0.00655. The zero-order chi connectivity index (χ0) is 26.5. The molecular weight excluding hydrogens is 540 g/mol. The highest BCUT2D eigenvalue weighted by atomic mass is 79.9. The molecule has 3 aromatic rings. The lowest BCUT2D eigenvalue weighted by Crippen LogP contribution is -2.60. The number of carbonyl (C=O) groups excluding carboxylic acids is 1. The smallest absolute Gasteiger partial charge is 0.254 e. The first kappa shape index (κ1) is 27.0. The number of fused-ring (bicyclic) bond motifs is 1. The first-order chi connectivity index (χ1) is 18.5. The second-order valence-corrected chi connectivity index (χ2v) is 11.5. The molecule has 2 aliphatic heterocycles. The maximum atomic E-state index is 13.6. The van der Waals surface area contributed by atoms with Crippen LogP contribution in [0.4, 0.5) is 0 Å². The highest BCUT2D eigenvalue weighted by Crippen LogP contribution is 2.36. The van der Waals surface area contributed by atoms with E-state index in [0.717, 1.165) is 71.1 Å². The fourth-order valence-electron chi connectivity index (χ4n) is 6.02. The van der Waals surface area contributed by atoms with E-state index in [9.17, 15) is 4.79 Å². The number of amides is 1. The van der Waals surface area contributed by atoms with Crippen molar-refractivity contribution in [2.75, 3.05) is 33.0 Å². The highest BCUT2D eigenvalue weighted by Gasteiger charge is 2.42. The molecule has 0 radical (unpaired) electrons. The first-order valence-electron chi connectivity index (χ1n) is 13.8. The van der Waals surface area contributed by atoms with Crippen LogP contribution in [-0.4, -0.2) is 71.0 Å². The van der Waals surface area contributed by atoms with Crippen LogP contribution >= 0.6 is 15.9 Å². The van der Waals surface area contributed by atoms with Gasteiger partial charge in [-0.25, -0.2) is 0 Å². The van der Waals surface area contributed by atoms with E-state index in [-0.39, 0.29) is 17.5 Å². The Labute approximate surface area is 234 Å². The first-order valence-corrected chi connectivity index (χ1v) is 14.6. The van der Waals surface area contributed by atoms with Crippen molar-refractivity contribution in [3.8, 4) is 0 Å². The summed E-state index contributed by atoms with van der Waals surface area (Å²) >= 11 is 3.57. The topological polar surface area (TPSA) is 58.0 Å². The second kappa shape index (κ2) is 12.1. The average molecular weight is 578 g/mol. The fraction of sp³-hybridized carbons (Fsp3) is 0.452. The van der Waals surface area contributed by atoms with Crippen LogP contribution in [0.25, 0.3) is 10.9 Å². The molecular formula is C31H37BrN4O2. The number of nitrogens with zero attached hydrogens (tertiary/aromatic N) is 4. The van der Waals surface area contributed by atoms with Crippen molar-refractivity contribution in [1.82, 2.24) is 14.8 Å². The Morgan fingerprint density at radius 1 is 1.08 bits per heavy atom. The van der Waals surface area contributed by atoms with Crippen LogP contribution in [0.1, 0.15) is 61.9 Å². The number of rotatable bonds is 7. The van der Waals surface area contributed by atoms with Gasteiger partial charge < -0.3 is 9.64 Å². The Hall–Kier alpha value is -2.61. The SMILES string of the molecule is CCOC/N=C(\c1ccc(Br)cc1)C1CCCCN1C1(C)CCN(C(=O)c2cccc3ncccc23)CC1. The van der Waals surface area contributed by atoms with E-state index in [0.29, 0.717) is 13.3 Å². The molecule has 2 aliphatic rings. The summed E-state index contributed by atoms with van der Waals surface area (Å²) in [5, 5.41) is 0.925. The molecule has 38 heavy (non-hydrogen) atoms. The molecule has 0 spiro atoms. The normalized spacial score (nSPS) is 20.6. The zero-order valence-electron chi connectivity index (χ0n) is 22.4. The molecule has 7 heteroatoms. The highest BCUT2D eigenvalue weighted by molar-refractivity contribution is 9.10. The molecule has 1 amide bonds. The molecule has 6 nitrogen and oxygen atoms in total. The number of likely N-dealkylation sites (tertiary alicyclic amines) is 2. The largest absolute Gasteiger partial charge is 0.360 e. The number of pyridine rings is 1. The van der Waals surface area contributed by atoms with E-state index >= 15 is 0 Å². The predicted octanol–water partition coefficient (Wildman–Crippen LogP) is 6.33. The molecule has 200 valence electrons. The number of hydrogen-bond donors (Lipinski definition) is 0. The maximum absolute atomic E-state index is 13.6. The number of aromatic nitrogens is 1. The quantitative estimate of drug-likeness (QED) is 0.243. The molecule has 1 aromatic heterocycles. The number of halogens is 1. The Kier molecular flexibility index (Phi) is 8.56. The molecule has 0 N–H and O–H groups in total. The van der Waals surface area contributed by atoms with Crippen molar-refractivity contribution in [3.05, 3.63) is 76.4 Å². The van der Waals surface area contributed by atoms with E-state index in [1.165, 1.54) is 12.8 Å². The minimum absolute atomic E-state index is 0.00389.